The van der Waals surface area contributed by atoms with Gasteiger partial charge in [-0.2, -0.15) is 0 Å². The fraction of sp³-hybridized carbons (Fsp3) is 0.625. The maximum Gasteiger partial charge on any atom is 0.410 e. The molecule has 2 N–H and O–H groups in total. The Morgan fingerprint density at radius 3 is 2.46 bits per heavy atom. The molecule has 1 aromatic rings. The van der Waals surface area contributed by atoms with E-state index in [0.29, 0.717) is 38.7 Å². The SMILES string of the molecule is CC(C)(C)OC(=O)N1CCN(C(N)=NCCc2ccc(Cl)s2)CC1. The summed E-state index contributed by atoms with van der Waals surface area (Å²) < 4.78 is 6.18. The molecule has 24 heavy (non-hydrogen) atoms. The summed E-state index contributed by atoms with van der Waals surface area (Å²) in [7, 11) is 0. The van der Waals surface area contributed by atoms with Crippen LogP contribution in [0.15, 0.2) is 17.1 Å². The minimum absolute atomic E-state index is 0.271. The zero-order valence-electron chi connectivity index (χ0n) is 14.4. The van der Waals surface area contributed by atoms with Gasteiger partial charge in [0.05, 0.1) is 4.34 Å². The molecule has 1 aromatic heterocycles. The molecule has 1 amide bonds. The molecule has 0 spiro atoms. The standard InChI is InChI=1S/C16H25ClN4O2S/c1-16(2,3)23-15(22)21-10-8-20(9-11-21)14(18)19-7-6-12-4-5-13(17)24-12/h4-5H,6-11H2,1-3H3,(H2,18,19). The van der Waals surface area contributed by atoms with Crippen molar-refractivity contribution in [2.75, 3.05) is 32.7 Å². The van der Waals surface area contributed by atoms with Crippen molar-refractivity contribution >= 4 is 35.0 Å². The molecule has 2 rings (SSSR count). The van der Waals surface area contributed by atoms with E-state index in [1.807, 2.05) is 37.8 Å². The minimum Gasteiger partial charge on any atom is -0.444 e. The number of piperazine rings is 1. The van der Waals surface area contributed by atoms with Crippen LogP contribution in [0.25, 0.3) is 0 Å². The lowest BCUT2D eigenvalue weighted by atomic mass is 10.2. The number of hydrogen-bond acceptors (Lipinski definition) is 4. The van der Waals surface area contributed by atoms with Crippen molar-refractivity contribution in [1.82, 2.24) is 9.80 Å². The van der Waals surface area contributed by atoms with Gasteiger partial charge in [-0.25, -0.2) is 4.79 Å². The molecule has 8 heteroatoms. The highest BCUT2D eigenvalue weighted by Crippen LogP contribution is 2.21. The fourth-order valence-electron chi connectivity index (χ4n) is 2.31. The first-order valence-electron chi connectivity index (χ1n) is 8.01. The number of nitrogens with zero attached hydrogens (tertiary/aromatic N) is 3. The summed E-state index contributed by atoms with van der Waals surface area (Å²) in [5.41, 5.74) is 5.59. The summed E-state index contributed by atoms with van der Waals surface area (Å²) in [6.07, 6.45) is 0.558. The number of carbonyl (C=O) groups is 1. The quantitative estimate of drug-likeness (QED) is 0.654. The molecular formula is C16H25ClN4O2S. The Morgan fingerprint density at radius 2 is 1.92 bits per heavy atom. The average Bonchev–Trinajstić information content (AvgIpc) is 2.91. The van der Waals surface area contributed by atoms with Crippen LogP contribution in [0.1, 0.15) is 25.6 Å². The van der Waals surface area contributed by atoms with Crippen LogP contribution in [-0.2, 0) is 11.2 Å². The van der Waals surface area contributed by atoms with Gasteiger partial charge in [0.1, 0.15) is 5.60 Å². The zero-order valence-corrected chi connectivity index (χ0v) is 16.0. The Kier molecular flexibility index (Phi) is 6.34. The Hall–Kier alpha value is -1.47. The summed E-state index contributed by atoms with van der Waals surface area (Å²) in [5.74, 6) is 0.529. The van der Waals surface area contributed by atoms with Crippen LogP contribution in [0.5, 0.6) is 0 Å². The second kappa shape index (κ2) is 8.07. The molecule has 2 heterocycles. The van der Waals surface area contributed by atoms with Gasteiger partial charge in [0.2, 0.25) is 0 Å². The smallest absolute Gasteiger partial charge is 0.410 e. The molecular weight excluding hydrogens is 348 g/mol. The molecule has 0 saturated carbocycles. The lowest BCUT2D eigenvalue weighted by Gasteiger charge is -2.36. The van der Waals surface area contributed by atoms with Crippen LogP contribution in [-0.4, -0.2) is 60.2 Å². The van der Waals surface area contributed by atoms with Gasteiger partial charge < -0.3 is 20.3 Å². The van der Waals surface area contributed by atoms with E-state index in [-0.39, 0.29) is 6.09 Å². The number of carbonyl (C=O) groups excluding carboxylic acids is 1. The molecule has 0 unspecified atom stereocenters. The van der Waals surface area contributed by atoms with E-state index in [1.165, 1.54) is 4.88 Å². The number of amides is 1. The molecule has 0 aliphatic carbocycles. The summed E-state index contributed by atoms with van der Waals surface area (Å²) in [5, 5.41) is 0. The van der Waals surface area contributed by atoms with Crippen LogP contribution in [0.2, 0.25) is 4.34 Å². The van der Waals surface area contributed by atoms with Crippen molar-refractivity contribution in [3.05, 3.63) is 21.3 Å². The van der Waals surface area contributed by atoms with Gasteiger partial charge in [0.15, 0.2) is 5.96 Å². The van der Waals surface area contributed by atoms with Crippen molar-refractivity contribution < 1.29 is 9.53 Å². The number of guanidine groups is 1. The second-order valence-corrected chi connectivity index (χ2v) is 8.45. The molecule has 6 nitrogen and oxygen atoms in total. The maximum absolute atomic E-state index is 12.0. The summed E-state index contributed by atoms with van der Waals surface area (Å²) in [6, 6.07) is 3.91. The first-order valence-corrected chi connectivity index (χ1v) is 9.21. The van der Waals surface area contributed by atoms with E-state index in [0.717, 1.165) is 10.8 Å². The monoisotopic (exact) mass is 372 g/mol. The molecule has 1 fully saturated rings. The van der Waals surface area contributed by atoms with Gasteiger partial charge in [-0.3, -0.25) is 4.99 Å². The molecule has 0 aromatic carbocycles. The Morgan fingerprint density at radius 1 is 1.29 bits per heavy atom. The van der Waals surface area contributed by atoms with Crippen LogP contribution < -0.4 is 5.73 Å². The van der Waals surface area contributed by atoms with Crippen LogP contribution in [0, 0.1) is 0 Å². The highest BCUT2D eigenvalue weighted by Gasteiger charge is 2.26. The largest absolute Gasteiger partial charge is 0.444 e. The lowest BCUT2D eigenvalue weighted by molar-refractivity contribution is 0.0186. The number of hydrogen-bond donors (Lipinski definition) is 1. The van der Waals surface area contributed by atoms with Gasteiger partial charge in [-0.05, 0) is 32.9 Å². The number of aliphatic imine (C=N–C) groups is 1. The number of ether oxygens (including phenoxy) is 1. The van der Waals surface area contributed by atoms with Crippen molar-refractivity contribution in [2.24, 2.45) is 10.7 Å². The highest BCUT2D eigenvalue weighted by atomic mass is 35.5. The first-order chi connectivity index (χ1) is 11.2. The maximum atomic E-state index is 12.0. The molecule has 0 radical (unpaired) electrons. The van der Waals surface area contributed by atoms with E-state index in [9.17, 15) is 4.79 Å². The normalized spacial score (nSPS) is 16.4. The van der Waals surface area contributed by atoms with E-state index in [1.54, 1.807) is 16.2 Å². The topological polar surface area (TPSA) is 71.2 Å². The summed E-state index contributed by atoms with van der Waals surface area (Å²) >= 11 is 7.48. The first kappa shape index (κ1) is 18.9. The fourth-order valence-corrected chi connectivity index (χ4v) is 3.39. The highest BCUT2D eigenvalue weighted by molar-refractivity contribution is 7.16. The molecule has 0 atom stereocenters. The van der Waals surface area contributed by atoms with Crippen molar-refractivity contribution in [3.8, 4) is 0 Å². The van der Waals surface area contributed by atoms with Crippen molar-refractivity contribution in [3.63, 3.8) is 0 Å². The molecule has 0 bridgehead atoms. The van der Waals surface area contributed by atoms with E-state index in [4.69, 9.17) is 22.1 Å². The zero-order chi connectivity index (χ0) is 17.7. The molecule has 1 aliphatic rings. The lowest BCUT2D eigenvalue weighted by Crippen LogP contribution is -2.53. The third-order valence-electron chi connectivity index (χ3n) is 3.52. The minimum atomic E-state index is -0.473. The van der Waals surface area contributed by atoms with Crippen molar-refractivity contribution in [1.29, 1.82) is 0 Å². The summed E-state index contributed by atoms with van der Waals surface area (Å²) in [6.45, 7) is 8.75. The molecule has 1 aliphatic heterocycles. The third-order valence-corrected chi connectivity index (χ3v) is 4.81. The Bertz CT molecular complexity index is 589. The predicted octanol–water partition coefficient (Wildman–Crippen LogP) is 2.81. The summed E-state index contributed by atoms with van der Waals surface area (Å²) in [4.78, 5) is 21.4. The third kappa shape index (κ3) is 5.87. The number of halogens is 1. The van der Waals surface area contributed by atoms with E-state index in [2.05, 4.69) is 4.99 Å². The van der Waals surface area contributed by atoms with Gasteiger partial charge in [0.25, 0.3) is 0 Å². The van der Waals surface area contributed by atoms with Gasteiger partial charge >= 0.3 is 6.09 Å². The second-order valence-electron chi connectivity index (χ2n) is 6.65. The van der Waals surface area contributed by atoms with E-state index >= 15 is 0 Å². The number of thiophene rings is 1. The van der Waals surface area contributed by atoms with Crippen LogP contribution in [0.4, 0.5) is 4.79 Å². The predicted molar refractivity (Wildman–Crippen MR) is 98.9 cm³/mol. The van der Waals surface area contributed by atoms with Crippen molar-refractivity contribution in [2.45, 2.75) is 32.8 Å². The number of rotatable bonds is 3. The van der Waals surface area contributed by atoms with Crippen LogP contribution >= 0.6 is 22.9 Å². The van der Waals surface area contributed by atoms with E-state index < -0.39 is 5.60 Å². The van der Waals surface area contributed by atoms with Gasteiger partial charge in [0, 0.05) is 44.0 Å². The Labute approximate surface area is 152 Å². The number of nitrogens with two attached hydrogens (primary N) is 1. The van der Waals surface area contributed by atoms with Gasteiger partial charge in [-0.1, -0.05) is 11.6 Å². The molecule has 134 valence electrons. The molecule has 1 saturated heterocycles. The van der Waals surface area contributed by atoms with Gasteiger partial charge in [-0.15, -0.1) is 11.3 Å². The Balaban J connectivity index is 1.76. The van der Waals surface area contributed by atoms with Crippen LogP contribution in [0.3, 0.4) is 0 Å². The average molecular weight is 373 g/mol.